The van der Waals surface area contributed by atoms with Crippen molar-refractivity contribution in [2.45, 2.75) is 39.3 Å². The molecule has 1 N–H and O–H groups in total. The zero-order valence-corrected chi connectivity index (χ0v) is 17.8. The van der Waals surface area contributed by atoms with E-state index in [9.17, 15) is 27.2 Å². The van der Waals surface area contributed by atoms with Crippen LogP contribution in [0.1, 0.15) is 54.7 Å². The molecule has 1 atom stereocenters. The van der Waals surface area contributed by atoms with E-state index < -0.39 is 40.2 Å². The molecule has 0 saturated carbocycles. The molecule has 0 bridgehead atoms. The molecule has 0 amide bonds. The lowest BCUT2D eigenvalue weighted by molar-refractivity contribution is -0.140. The van der Waals surface area contributed by atoms with E-state index in [-0.39, 0.29) is 23.5 Å². The molecule has 0 unspecified atom stereocenters. The molecule has 0 aliphatic heterocycles. The van der Waals surface area contributed by atoms with Gasteiger partial charge in [0.2, 0.25) is 0 Å². The van der Waals surface area contributed by atoms with Crippen LogP contribution in [0.3, 0.4) is 0 Å². The number of rotatable bonds is 5. The summed E-state index contributed by atoms with van der Waals surface area (Å²) in [5, 5.41) is 0. The maximum atomic E-state index is 14.2. The van der Waals surface area contributed by atoms with Gasteiger partial charge < -0.3 is 4.98 Å². The lowest BCUT2D eigenvalue weighted by atomic mass is 9.73. The van der Waals surface area contributed by atoms with Crippen molar-refractivity contribution >= 4 is 5.78 Å². The number of alkyl halides is 3. The number of benzene rings is 2. The van der Waals surface area contributed by atoms with Crippen LogP contribution in [-0.4, -0.2) is 15.8 Å². The van der Waals surface area contributed by atoms with Crippen molar-refractivity contribution in [2.24, 2.45) is 5.41 Å². The van der Waals surface area contributed by atoms with Gasteiger partial charge in [-0.25, -0.2) is 9.37 Å². The molecular formula is C24H22F4N2O2. The number of aromatic amines is 1. The van der Waals surface area contributed by atoms with Crippen molar-refractivity contribution in [1.82, 2.24) is 9.97 Å². The van der Waals surface area contributed by atoms with Gasteiger partial charge in [-0.15, -0.1) is 0 Å². The minimum absolute atomic E-state index is 0.0609. The van der Waals surface area contributed by atoms with Gasteiger partial charge in [0.15, 0.2) is 5.78 Å². The fraction of sp³-hybridized carbons (Fsp3) is 0.292. The predicted molar refractivity (Wildman–Crippen MR) is 113 cm³/mol. The van der Waals surface area contributed by atoms with E-state index in [0.29, 0.717) is 11.6 Å². The summed E-state index contributed by atoms with van der Waals surface area (Å²) in [6.07, 6.45) is -4.96. The van der Waals surface area contributed by atoms with Gasteiger partial charge >= 0.3 is 6.18 Å². The van der Waals surface area contributed by atoms with Gasteiger partial charge in [0, 0.05) is 18.1 Å². The number of carbonyl (C=O) groups is 1. The number of nitrogens with zero attached hydrogens (tertiary/aromatic N) is 1. The Hall–Kier alpha value is -3.29. The summed E-state index contributed by atoms with van der Waals surface area (Å²) < 4.78 is 53.0. The van der Waals surface area contributed by atoms with Gasteiger partial charge in [0.05, 0.1) is 5.56 Å². The van der Waals surface area contributed by atoms with Crippen LogP contribution >= 0.6 is 0 Å². The van der Waals surface area contributed by atoms with Gasteiger partial charge in [-0.05, 0) is 29.0 Å². The van der Waals surface area contributed by atoms with E-state index in [0.717, 1.165) is 12.1 Å². The highest BCUT2D eigenvalue weighted by Gasteiger charge is 2.36. The number of carbonyl (C=O) groups excluding carboxylic acids is 1. The molecule has 3 rings (SSSR count). The lowest BCUT2D eigenvalue weighted by Crippen LogP contribution is -2.23. The third-order valence-electron chi connectivity index (χ3n) is 5.21. The first-order chi connectivity index (χ1) is 14.9. The summed E-state index contributed by atoms with van der Waals surface area (Å²) >= 11 is 0. The van der Waals surface area contributed by atoms with Crippen molar-refractivity contribution in [2.75, 3.05) is 0 Å². The summed E-state index contributed by atoms with van der Waals surface area (Å²) in [4.78, 5) is 32.0. The van der Waals surface area contributed by atoms with E-state index in [2.05, 4.69) is 9.97 Å². The van der Waals surface area contributed by atoms with Gasteiger partial charge in [-0.1, -0.05) is 57.2 Å². The Bertz CT molecular complexity index is 1180. The standard InChI is InChI=1S/C24H22F4N2O2/c1-23(2,3)17(15-9-10-16(18(25)11-15)24(26,27)28)12-20(31)19-13-21(32)30-22(29-19)14-7-5-4-6-8-14/h4-11,13,17H,12H2,1-3H3,(H,29,30,32)/t17-/m0/s1. The number of nitrogens with one attached hydrogen (secondary N) is 1. The Morgan fingerprint density at radius 1 is 1.03 bits per heavy atom. The second-order valence-corrected chi connectivity index (χ2v) is 8.63. The van der Waals surface area contributed by atoms with Crippen molar-refractivity contribution in [3.05, 3.63) is 87.6 Å². The predicted octanol–water partition coefficient (Wildman–Crippen LogP) is 6.00. The number of hydrogen-bond acceptors (Lipinski definition) is 3. The van der Waals surface area contributed by atoms with Crippen LogP contribution < -0.4 is 5.56 Å². The summed E-state index contributed by atoms with van der Waals surface area (Å²) in [5.41, 5.74) is -1.61. The monoisotopic (exact) mass is 446 g/mol. The van der Waals surface area contributed by atoms with E-state index in [4.69, 9.17) is 0 Å². The first-order valence-corrected chi connectivity index (χ1v) is 9.93. The molecule has 0 spiro atoms. The average molecular weight is 446 g/mol. The van der Waals surface area contributed by atoms with Crippen molar-refractivity contribution in [1.29, 1.82) is 0 Å². The smallest absolute Gasteiger partial charge is 0.306 e. The van der Waals surface area contributed by atoms with Crippen LogP contribution in [0.15, 0.2) is 59.4 Å². The molecule has 0 fully saturated rings. The highest BCUT2D eigenvalue weighted by molar-refractivity contribution is 5.95. The van der Waals surface area contributed by atoms with E-state index >= 15 is 0 Å². The number of ketones is 1. The largest absolute Gasteiger partial charge is 0.419 e. The second kappa shape index (κ2) is 8.68. The van der Waals surface area contributed by atoms with Crippen molar-refractivity contribution < 1.29 is 22.4 Å². The zero-order valence-electron chi connectivity index (χ0n) is 17.8. The molecule has 168 valence electrons. The van der Waals surface area contributed by atoms with E-state index in [1.54, 1.807) is 51.1 Å². The Balaban J connectivity index is 1.96. The Kier molecular flexibility index (Phi) is 6.34. The van der Waals surface area contributed by atoms with Crippen LogP contribution in [0.25, 0.3) is 11.4 Å². The molecule has 1 aromatic heterocycles. The fourth-order valence-corrected chi connectivity index (χ4v) is 3.53. The van der Waals surface area contributed by atoms with Crippen LogP contribution in [0.5, 0.6) is 0 Å². The first kappa shape index (κ1) is 23.4. The first-order valence-electron chi connectivity index (χ1n) is 9.93. The summed E-state index contributed by atoms with van der Waals surface area (Å²) in [6, 6.07) is 12.6. The summed E-state index contributed by atoms with van der Waals surface area (Å²) in [5.74, 6) is -2.23. The summed E-state index contributed by atoms with van der Waals surface area (Å²) in [7, 11) is 0. The van der Waals surface area contributed by atoms with E-state index in [1.807, 2.05) is 0 Å². The number of H-pyrrole nitrogens is 1. The van der Waals surface area contributed by atoms with Gasteiger partial charge in [-0.2, -0.15) is 13.2 Å². The fourth-order valence-electron chi connectivity index (χ4n) is 3.53. The summed E-state index contributed by atoms with van der Waals surface area (Å²) in [6.45, 7) is 5.42. The second-order valence-electron chi connectivity index (χ2n) is 8.63. The zero-order chi connectivity index (χ0) is 23.7. The quantitative estimate of drug-likeness (QED) is 0.386. The molecule has 0 aliphatic carbocycles. The van der Waals surface area contributed by atoms with Gasteiger partial charge in [0.25, 0.3) is 5.56 Å². The lowest BCUT2D eigenvalue weighted by Gasteiger charge is -2.31. The average Bonchev–Trinajstić information content (AvgIpc) is 2.70. The molecule has 32 heavy (non-hydrogen) atoms. The van der Waals surface area contributed by atoms with Crippen LogP contribution in [0, 0.1) is 11.2 Å². The van der Waals surface area contributed by atoms with Crippen LogP contribution in [0.2, 0.25) is 0 Å². The van der Waals surface area contributed by atoms with E-state index in [1.165, 1.54) is 6.07 Å². The van der Waals surface area contributed by atoms with Gasteiger partial charge in [-0.3, -0.25) is 9.59 Å². The molecule has 1 heterocycles. The van der Waals surface area contributed by atoms with Crippen LogP contribution in [0.4, 0.5) is 17.6 Å². The molecule has 3 aromatic rings. The molecular weight excluding hydrogens is 424 g/mol. The maximum absolute atomic E-state index is 14.2. The Morgan fingerprint density at radius 3 is 2.25 bits per heavy atom. The minimum Gasteiger partial charge on any atom is -0.306 e. The molecule has 0 radical (unpaired) electrons. The molecule has 0 aliphatic rings. The number of aromatic nitrogens is 2. The normalized spacial score (nSPS) is 13.1. The number of Topliss-reactive ketones (excluding diaryl/α,β-unsaturated/α-hetero) is 1. The molecule has 8 heteroatoms. The Labute approximate surface area is 182 Å². The van der Waals surface area contributed by atoms with Crippen LogP contribution in [-0.2, 0) is 6.18 Å². The topological polar surface area (TPSA) is 62.8 Å². The molecule has 4 nitrogen and oxygen atoms in total. The Morgan fingerprint density at radius 2 is 1.69 bits per heavy atom. The molecule has 0 saturated heterocycles. The highest BCUT2D eigenvalue weighted by Crippen LogP contribution is 2.40. The minimum atomic E-state index is -4.81. The molecule has 2 aromatic carbocycles. The maximum Gasteiger partial charge on any atom is 0.419 e. The number of halogens is 4. The highest BCUT2D eigenvalue weighted by atomic mass is 19.4. The third kappa shape index (κ3) is 5.30. The third-order valence-corrected chi connectivity index (χ3v) is 5.21. The SMILES string of the molecule is CC(C)(C)[C@@H](CC(=O)c1cc(=O)[nH]c(-c2ccccc2)n1)c1ccc(C(F)(F)F)c(F)c1. The number of hydrogen-bond donors (Lipinski definition) is 1. The van der Waals surface area contributed by atoms with Gasteiger partial charge in [0.1, 0.15) is 17.3 Å². The van der Waals surface area contributed by atoms with Crippen molar-refractivity contribution in [3.8, 4) is 11.4 Å². The van der Waals surface area contributed by atoms with Crippen molar-refractivity contribution in [3.63, 3.8) is 0 Å².